The number of halogens is 2. The zero-order valence-corrected chi connectivity index (χ0v) is 14.0. The average Bonchev–Trinajstić information content (AvgIpc) is 3.29. The molecule has 0 bridgehead atoms. The fraction of sp³-hybridized carbons (Fsp3) is 0.647. The molecular formula is C17H23F2N5O. The first kappa shape index (κ1) is 16.7. The predicted molar refractivity (Wildman–Crippen MR) is 89.2 cm³/mol. The van der Waals surface area contributed by atoms with E-state index < -0.39 is 11.3 Å². The third-order valence-corrected chi connectivity index (χ3v) is 5.74. The fourth-order valence-electron chi connectivity index (χ4n) is 4.21. The molecule has 0 aromatic carbocycles. The topological polar surface area (TPSA) is 60.5 Å². The van der Waals surface area contributed by atoms with E-state index in [1.54, 1.807) is 11.1 Å². The van der Waals surface area contributed by atoms with Crippen LogP contribution in [0, 0.1) is 5.41 Å². The van der Waals surface area contributed by atoms with Gasteiger partial charge in [-0.05, 0) is 25.0 Å². The molecular weight excluding hydrogens is 328 g/mol. The molecule has 1 amide bonds. The summed E-state index contributed by atoms with van der Waals surface area (Å²) in [5.74, 6) is -2.12. The number of anilines is 1. The Labute approximate surface area is 145 Å². The minimum absolute atomic E-state index is 0.0730. The van der Waals surface area contributed by atoms with Crippen molar-refractivity contribution in [3.8, 4) is 0 Å². The van der Waals surface area contributed by atoms with Crippen molar-refractivity contribution in [3.63, 3.8) is 0 Å². The Morgan fingerprint density at radius 3 is 2.84 bits per heavy atom. The van der Waals surface area contributed by atoms with E-state index >= 15 is 0 Å². The first-order valence-corrected chi connectivity index (χ1v) is 8.82. The van der Waals surface area contributed by atoms with Gasteiger partial charge < -0.3 is 9.80 Å². The highest BCUT2D eigenvalue weighted by molar-refractivity contribution is 5.82. The maximum Gasteiger partial charge on any atom is 0.258 e. The second-order valence-corrected chi connectivity index (χ2v) is 7.27. The molecule has 1 spiro atoms. The van der Waals surface area contributed by atoms with Gasteiger partial charge in [-0.2, -0.15) is 0 Å². The van der Waals surface area contributed by atoms with Crippen LogP contribution in [0.5, 0.6) is 0 Å². The predicted octanol–water partition coefficient (Wildman–Crippen LogP) is 1.01. The molecule has 6 nitrogen and oxygen atoms in total. The lowest BCUT2D eigenvalue weighted by Gasteiger charge is -2.46. The second-order valence-electron chi connectivity index (χ2n) is 7.27. The summed E-state index contributed by atoms with van der Waals surface area (Å²) < 4.78 is 29.7. The van der Waals surface area contributed by atoms with Gasteiger partial charge in [-0.1, -0.05) is 6.07 Å². The number of pyridine rings is 1. The van der Waals surface area contributed by atoms with Gasteiger partial charge in [0.1, 0.15) is 11.9 Å². The number of hydrogen-bond donors (Lipinski definition) is 2. The summed E-state index contributed by atoms with van der Waals surface area (Å²) in [5, 5.41) is 0. The minimum Gasteiger partial charge on any atom is -0.356 e. The standard InChI is InChI=1S/C17H23F2N5O/c18-17(19)6-10-24(15(25)13-4-8-21-22-13)12-16(17)5-9-23(11-16)14-3-1-2-7-20-14/h1-3,7,13,21-22H,4-6,8-12H2. The highest BCUT2D eigenvalue weighted by atomic mass is 19.3. The smallest absolute Gasteiger partial charge is 0.258 e. The lowest BCUT2D eigenvalue weighted by Crippen LogP contribution is -2.60. The van der Waals surface area contributed by atoms with Crippen molar-refractivity contribution in [2.75, 3.05) is 37.6 Å². The largest absolute Gasteiger partial charge is 0.356 e. The third-order valence-electron chi connectivity index (χ3n) is 5.74. The lowest BCUT2D eigenvalue weighted by molar-refractivity contribution is -0.169. The molecule has 4 heterocycles. The maximum absolute atomic E-state index is 14.9. The van der Waals surface area contributed by atoms with Gasteiger partial charge in [-0.15, -0.1) is 0 Å². The first-order chi connectivity index (χ1) is 12.0. The number of hydrazine groups is 1. The van der Waals surface area contributed by atoms with Crippen LogP contribution in [-0.2, 0) is 4.79 Å². The van der Waals surface area contributed by atoms with Crippen LogP contribution in [0.25, 0.3) is 0 Å². The molecule has 136 valence electrons. The molecule has 3 fully saturated rings. The molecule has 2 atom stereocenters. The Hall–Kier alpha value is -1.80. The summed E-state index contributed by atoms with van der Waals surface area (Å²) >= 11 is 0. The van der Waals surface area contributed by atoms with Crippen LogP contribution in [0.4, 0.5) is 14.6 Å². The molecule has 0 radical (unpaired) electrons. The van der Waals surface area contributed by atoms with Gasteiger partial charge >= 0.3 is 0 Å². The molecule has 3 aliphatic rings. The number of carbonyl (C=O) groups excluding carboxylic acids is 1. The zero-order valence-electron chi connectivity index (χ0n) is 14.0. The number of aromatic nitrogens is 1. The number of amides is 1. The number of rotatable bonds is 2. The zero-order chi connectivity index (χ0) is 17.5. The Bertz CT molecular complexity index is 637. The summed E-state index contributed by atoms with van der Waals surface area (Å²) in [6, 6.07) is 5.21. The molecule has 8 heteroatoms. The molecule has 1 aromatic heterocycles. The summed E-state index contributed by atoms with van der Waals surface area (Å²) in [4.78, 5) is 20.5. The molecule has 25 heavy (non-hydrogen) atoms. The van der Waals surface area contributed by atoms with Crippen LogP contribution in [0.1, 0.15) is 19.3 Å². The van der Waals surface area contributed by atoms with Crippen molar-refractivity contribution in [3.05, 3.63) is 24.4 Å². The van der Waals surface area contributed by atoms with E-state index in [0.29, 0.717) is 19.4 Å². The summed E-state index contributed by atoms with van der Waals surface area (Å²) in [6.45, 7) is 1.73. The van der Waals surface area contributed by atoms with Crippen molar-refractivity contribution in [1.29, 1.82) is 0 Å². The lowest BCUT2D eigenvalue weighted by atomic mass is 9.75. The van der Waals surface area contributed by atoms with Gasteiger partial charge in [0.05, 0.1) is 5.41 Å². The normalized spacial score (nSPS) is 31.7. The van der Waals surface area contributed by atoms with Gasteiger partial charge in [-0.3, -0.25) is 10.2 Å². The van der Waals surface area contributed by atoms with Crippen molar-refractivity contribution in [2.24, 2.45) is 5.41 Å². The second kappa shape index (κ2) is 6.17. The maximum atomic E-state index is 14.9. The van der Waals surface area contributed by atoms with Gasteiger partial charge in [0.15, 0.2) is 0 Å². The summed E-state index contributed by atoms with van der Waals surface area (Å²) in [7, 11) is 0. The van der Waals surface area contributed by atoms with Crippen LogP contribution in [0.3, 0.4) is 0 Å². The fourth-order valence-corrected chi connectivity index (χ4v) is 4.21. The third kappa shape index (κ3) is 2.87. The van der Waals surface area contributed by atoms with Crippen molar-refractivity contribution < 1.29 is 13.6 Å². The number of likely N-dealkylation sites (tertiary alicyclic amines) is 1. The van der Waals surface area contributed by atoms with Crippen molar-refractivity contribution in [2.45, 2.75) is 31.2 Å². The number of nitrogens with zero attached hydrogens (tertiary/aromatic N) is 3. The number of alkyl halides is 2. The molecule has 0 aliphatic carbocycles. The Balaban J connectivity index is 1.53. The van der Waals surface area contributed by atoms with E-state index in [1.807, 2.05) is 23.1 Å². The van der Waals surface area contributed by atoms with Crippen LogP contribution in [-0.4, -0.2) is 60.5 Å². The van der Waals surface area contributed by atoms with E-state index in [1.165, 1.54) is 0 Å². The van der Waals surface area contributed by atoms with Gasteiger partial charge in [0.25, 0.3) is 5.92 Å². The summed E-state index contributed by atoms with van der Waals surface area (Å²) in [5.41, 5.74) is 4.68. The summed E-state index contributed by atoms with van der Waals surface area (Å²) in [6.07, 6.45) is 2.47. The van der Waals surface area contributed by atoms with E-state index in [9.17, 15) is 13.6 Å². The van der Waals surface area contributed by atoms with Crippen LogP contribution >= 0.6 is 0 Å². The molecule has 4 rings (SSSR count). The molecule has 2 N–H and O–H groups in total. The molecule has 3 saturated heterocycles. The van der Waals surface area contributed by atoms with Crippen LogP contribution in [0.15, 0.2) is 24.4 Å². The average molecular weight is 351 g/mol. The molecule has 3 aliphatic heterocycles. The molecule has 1 aromatic rings. The number of carbonyl (C=O) groups is 1. The van der Waals surface area contributed by atoms with Crippen LogP contribution in [0.2, 0.25) is 0 Å². The number of nitrogens with one attached hydrogen (secondary N) is 2. The Kier molecular flexibility index (Phi) is 4.11. The SMILES string of the molecule is O=C(C1CCNN1)N1CCC(F)(F)C2(CCN(c3ccccn3)C2)C1. The highest BCUT2D eigenvalue weighted by Crippen LogP contribution is 2.50. The van der Waals surface area contributed by atoms with Crippen LogP contribution < -0.4 is 15.8 Å². The molecule has 2 unspecified atom stereocenters. The van der Waals surface area contributed by atoms with E-state index in [-0.39, 0.29) is 38.0 Å². The Morgan fingerprint density at radius 2 is 2.12 bits per heavy atom. The van der Waals surface area contributed by atoms with E-state index in [0.717, 1.165) is 12.4 Å². The van der Waals surface area contributed by atoms with E-state index in [4.69, 9.17) is 0 Å². The van der Waals surface area contributed by atoms with E-state index in [2.05, 4.69) is 15.8 Å². The molecule has 0 saturated carbocycles. The monoisotopic (exact) mass is 351 g/mol. The van der Waals surface area contributed by atoms with Gasteiger partial charge in [0, 0.05) is 45.3 Å². The van der Waals surface area contributed by atoms with Crippen molar-refractivity contribution >= 4 is 11.7 Å². The van der Waals surface area contributed by atoms with Gasteiger partial charge in [0.2, 0.25) is 5.91 Å². The Morgan fingerprint density at radius 1 is 1.24 bits per heavy atom. The number of piperidine rings is 1. The first-order valence-electron chi connectivity index (χ1n) is 8.82. The number of hydrogen-bond acceptors (Lipinski definition) is 5. The quantitative estimate of drug-likeness (QED) is 0.833. The highest BCUT2D eigenvalue weighted by Gasteiger charge is 2.60. The van der Waals surface area contributed by atoms with Crippen molar-refractivity contribution in [1.82, 2.24) is 20.7 Å². The van der Waals surface area contributed by atoms with Gasteiger partial charge in [-0.25, -0.2) is 19.2 Å². The minimum atomic E-state index is -2.77.